The Morgan fingerprint density at radius 1 is 1.02 bits per heavy atom. The first-order valence-corrected chi connectivity index (χ1v) is 20.6. The van der Waals surface area contributed by atoms with Crippen LogP contribution in [0.3, 0.4) is 0 Å². The highest BCUT2D eigenvalue weighted by Crippen LogP contribution is 2.58. The third-order valence-electron chi connectivity index (χ3n) is 11.3. The maximum atomic E-state index is 14.5. The average molecular weight is 750 g/mol. The number of ketones is 1. The zero-order valence-corrected chi connectivity index (χ0v) is 31.4. The molecule has 3 fully saturated rings. The monoisotopic (exact) mass is 749 g/mol. The van der Waals surface area contributed by atoms with Crippen LogP contribution in [0.15, 0.2) is 66.7 Å². The van der Waals surface area contributed by atoms with Gasteiger partial charge in [0, 0.05) is 42.4 Å². The lowest BCUT2D eigenvalue weighted by Gasteiger charge is -2.37. The van der Waals surface area contributed by atoms with Gasteiger partial charge in [-0.1, -0.05) is 66.2 Å². The molecule has 2 heterocycles. The van der Waals surface area contributed by atoms with Crippen LogP contribution in [0.5, 0.6) is 5.88 Å². The molecule has 3 saturated carbocycles. The summed E-state index contributed by atoms with van der Waals surface area (Å²) in [7, 11) is -2.09. The molecule has 7 rings (SSSR count). The predicted molar refractivity (Wildman–Crippen MR) is 199 cm³/mol. The molecule has 0 radical (unpaired) electrons. The van der Waals surface area contributed by atoms with E-state index >= 15 is 0 Å². The number of halogens is 1. The number of thiazole rings is 1. The molecule has 5 atom stereocenters. The average Bonchev–Trinajstić information content (AvgIpc) is 4.00. The van der Waals surface area contributed by atoms with Crippen molar-refractivity contribution in [3.05, 3.63) is 71.8 Å². The van der Waals surface area contributed by atoms with E-state index < -0.39 is 44.0 Å². The van der Waals surface area contributed by atoms with Crippen molar-refractivity contribution in [2.45, 2.75) is 82.0 Å². The Hall–Kier alpha value is -3.54. The third-order valence-corrected chi connectivity index (χ3v) is 14.8. The number of hydrogen-bond donors (Lipinski definition) is 1. The first-order valence-electron chi connectivity index (χ1n) is 17.9. The van der Waals surface area contributed by atoms with Gasteiger partial charge in [-0.25, -0.2) is 13.4 Å². The Bertz CT molecular complexity index is 1940. The number of allylic oxidation sites excluding steroid dienone is 2. The molecule has 0 unspecified atom stereocenters. The van der Waals surface area contributed by atoms with Crippen molar-refractivity contribution in [1.29, 1.82) is 0 Å². The lowest BCUT2D eigenvalue weighted by Crippen LogP contribution is -2.47. The van der Waals surface area contributed by atoms with E-state index in [1.54, 1.807) is 18.9 Å². The van der Waals surface area contributed by atoms with Gasteiger partial charge in [-0.2, -0.15) is 0 Å². The van der Waals surface area contributed by atoms with E-state index in [9.17, 15) is 22.8 Å². The maximum absolute atomic E-state index is 14.5. The van der Waals surface area contributed by atoms with E-state index in [0.717, 1.165) is 40.3 Å². The highest BCUT2D eigenvalue weighted by Gasteiger charge is 2.62. The first kappa shape index (κ1) is 35.8. The molecular weight excluding hydrogens is 706 g/mol. The van der Waals surface area contributed by atoms with Gasteiger partial charge < -0.3 is 9.64 Å². The number of nitrogens with zero attached hydrogens (tertiary/aromatic N) is 2. The van der Waals surface area contributed by atoms with E-state index in [-0.39, 0.29) is 30.4 Å². The Morgan fingerprint density at radius 2 is 1.76 bits per heavy atom. The summed E-state index contributed by atoms with van der Waals surface area (Å²) in [5, 5.41) is 1.42. The summed E-state index contributed by atoms with van der Waals surface area (Å²) in [6, 6.07) is 17.4. The summed E-state index contributed by atoms with van der Waals surface area (Å²) < 4.78 is 34.3. The number of sulfonamides is 1. The number of carbonyl (C=O) groups excluding carboxylic acids is 3. The van der Waals surface area contributed by atoms with Crippen molar-refractivity contribution in [2.75, 3.05) is 13.6 Å². The van der Waals surface area contributed by atoms with Crippen molar-refractivity contribution < 1.29 is 27.5 Å². The fourth-order valence-corrected chi connectivity index (χ4v) is 10.0. The molecule has 4 aliphatic rings. The maximum Gasteiger partial charge on any atom is 0.240 e. The van der Waals surface area contributed by atoms with Gasteiger partial charge in [0.1, 0.15) is 16.9 Å². The predicted octanol–water partition coefficient (Wildman–Crippen LogP) is 7.46. The van der Waals surface area contributed by atoms with Crippen LogP contribution in [0.2, 0.25) is 5.02 Å². The Balaban J connectivity index is 1.18. The van der Waals surface area contributed by atoms with E-state index in [4.69, 9.17) is 21.3 Å². The second-order valence-corrected chi connectivity index (χ2v) is 18.6. The summed E-state index contributed by atoms with van der Waals surface area (Å²) in [4.78, 5) is 49.8. The number of Topliss-reactive ketones (excluding diaryl/α,β-unsaturated/α-hetero) is 1. The quantitative estimate of drug-likeness (QED) is 0.249. The topological polar surface area (TPSA) is 123 Å². The van der Waals surface area contributed by atoms with Crippen LogP contribution in [0.4, 0.5) is 0 Å². The van der Waals surface area contributed by atoms with Gasteiger partial charge in [0.25, 0.3) is 0 Å². The van der Waals surface area contributed by atoms with Crippen molar-refractivity contribution >= 4 is 50.6 Å². The highest BCUT2D eigenvalue weighted by atomic mass is 35.5. The van der Waals surface area contributed by atoms with Gasteiger partial charge in [0.2, 0.25) is 27.7 Å². The highest BCUT2D eigenvalue weighted by molar-refractivity contribution is 7.91. The van der Waals surface area contributed by atoms with Crippen molar-refractivity contribution in [2.24, 2.45) is 23.2 Å². The number of amides is 2. The van der Waals surface area contributed by atoms with E-state index in [2.05, 4.69) is 4.72 Å². The van der Waals surface area contributed by atoms with Crippen LogP contribution in [-0.4, -0.2) is 60.3 Å². The second kappa shape index (κ2) is 14.1. The van der Waals surface area contributed by atoms with Crippen molar-refractivity contribution in [3.8, 4) is 26.9 Å². The summed E-state index contributed by atoms with van der Waals surface area (Å²) in [5.41, 5.74) is 0.703. The number of aromatic nitrogens is 1. The summed E-state index contributed by atoms with van der Waals surface area (Å²) >= 11 is 7.73. The molecule has 3 aliphatic carbocycles. The van der Waals surface area contributed by atoms with Crippen molar-refractivity contribution in [3.63, 3.8) is 0 Å². The molecule has 270 valence electrons. The van der Waals surface area contributed by atoms with Crippen LogP contribution in [0.25, 0.3) is 21.0 Å². The van der Waals surface area contributed by atoms with Crippen molar-refractivity contribution in [1.82, 2.24) is 14.6 Å². The molecule has 12 heteroatoms. The van der Waals surface area contributed by atoms with Crippen LogP contribution in [0, 0.1) is 23.2 Å². The molecule has 3 aromatic rings. The van der Waals surface area contributed by atoms with Crippen LogP contribution < -0.4 is 9.46 Å². The van der Waals surface area contributed by atoms with Gasteiger partial charge in [-0.05, 0) is 88.3 Å². The van der Waals surface area contributed by atoms with E-state index in [0.29, 0.717) is 49.6 Å². The van der Waals surface area contributed by atoms with Gasteiger partial charge in [0.15, 0.2) is 0 Å². The Morgan fingerprint density at radius 3 is 2.49 bits per heavy atom. The molecule has 0 spiro atoms. The largest absolute Gasteiger partial charge is 0.473 e. The third kappa shape index (κ3) is 7.39. The molecule has 1 aromatic heterocycles. The number of rotatable bonds is 7. The smallest absolute Gasteiger partial charge is 0.240 e. The Labute approximate surface area is 308 Å². The summed E-state index contributed by atoms with van der Waals surface area (Å²) in [6.07, 6.45) is 8.63. The molecule has 1 aliphatic heterocycles. The normalized spacial score (nSPS) is 28.5. The minimum absolute atomic E-state index is 0.0728. The van der Waals surface area contributed by atoms with Gasteiger partial charge in [-0.15, -0.1) is 11.3 Å². The number of nitrogens with one attached hydrogen (secondary N) is 1. The lowest BCUT2D eigenvalue weighted by atomic mass is 9.72. The number of hydrogen-bond acceptors (Lipinski definition) is 8. The number of benzene rings is 2. The van der Waals surface area contributed by atoms with Gasteiger partial charge in [-0.3, -0.25) is 19.1 Å². The standard InChI is InChI=1S/C39H44ClN3O6S2/c1-38(19-20-38)51(47,48)42-37(46)39-23-27(39)12-8-3-4-9-21-43(2)36(45)30-18-17-29(22-31(30)32(44)24-39)49-34-33(25-13-15-28(40)16-14-25)50-35(41-34)26-10-6-5-7-11-26/h5-8,10-16,27,29-31H,3-4,9,17-24H2,1-2H3,(H,42,46)/b12-8-/t27-,29+,30-,31-,39-/m1/s1. The molecule has 2 aromatic carbocycles. The fraction of sp³-hybridized carbons (Fsp3) is 0.487. The van der Waals surface area contributed by atoms with E-state index in [1.165, 1.54) is 11.3 Å². The molecule has 9 nitrogen and oxygen atoms in total. The molecule has 2 amide bonds. The molecular formula is C39H44ClN3O6S2. The summed E-state index contributed by atoms with van der Waals surface area (Å²) in [6.45, 7) is 2.24. The van der Waals surface area contributed by atoms with Crippen LogP contribution in [-0.2, 0) is 24.4 Å². The van der Waals surface area contributed by atoms with Gasteiger partial charge >= 0.3 is 0 Å². The first-order chi connectivity index (χ1) is 24.4. The minimum atomic E-state index is -3.88. The van der Waals surface area contributed by atoms with Crippen LogP contribution in [0.1, 0.15) is 71.1 Å². The molecule has 51 heavy (non-hydrogen) atoms. The molecule has 0 saturated heterocycles. The second-order valence-electron chi connectivity index (χ2n) is 15.0. The zero-order valence-electron chi connectivity index (χ0n) is 29.0. The summed E-state index contributed by atoms with van der Waals surface area (Å²) in [5.74, 6) is -1.92. The fourth-order valence-electron chi connectivity index (χ4n) is 7.55. The Kier molecular flexibility index (Phi) is 9.92. The number of carbonyl (C=O) groups is 3. The molecule has 0 bridgehead atoms. The minimum Gasteiger partial charge on any atom is -0.473 e. The zero-order chi connectivity index (χ0) is 36.0. The SMILES string of the molecule is CN1CCCC/C=C\[C@@H]2C[C@@]2(C(=O)NS(=O)(=O)C2(C)CC2)CC(=O)[C@@H]2C[C@@H](Oc3nc(-c4ccccc4)sc3-c3ccc(Cl)cc3)CC[C@H]2C1=O. The number of ether oxygens (including phenoxy) is 1. The number of fused-ring (bicyclic) bond motifs is 2. The lowest BCUT2D eigenvalue weighted by molar-refractivity contribution is -0.144. The molecule has 1 N–H and O–H groups in total. The van der Waals surface area contributed by atoms with E-state index in [1.807, 2.05) is 66.7 Å². The van der Waals surface area contributed by atoms with Crippen LogP contribution >= 0.6 is 22.9 Å². The van der Waals surface area contributed by atoms with Gasteiger partial charge in [0.05, 0.1) is 15.0 Å².